The molecular weight excluding hydrogens is 268 g/mol. The molecule has 2 aromatic heterocycles. The zero-order valence-electron chi connectivity index (χ0n) is 10.8. The summed E-state index contributed by atoms with van der Waals surface area (Å²) in [6.45, 7) is 5.81. The molecule has 0 radical (unpaired) electrons. The zero-order chi connectivity index (χ0) is 14.0. The van der Waals surface area contributed by atoms with Crippen molar-refractivity contribution in [3.8, 4) is 5.75 Å². The maximum absolute atomic E-state index is 11.0. The largest absolute Gasteiger partial charge is 0.482 e. The number of ether oxygens (including phenoxy) is 1. The fraction of sp³-hybridized carbons (Fsp3) is 0.417. The van der Waals surface area contributed by atoms with Gasteiger partial charge >= 0.3 is 5.97 Å². The predicted octanol–water partition coefficient (Wildman–Crippen LogP) is 2.84. The standard InChI is InChI=1S/C12H14N2O4S/c1-6(2)11-13-9(18-14-11)5-17-8-4-7(3)19-10(8)12(15)16/h4,6H,5H2,1-3H3,(H,15,16). The van der Waals surface area contributed by atoms with E-state index in [-0.39, 0.29) is 17.4 Å². The van der Waals surface area contributed by atoms with Gasteiger partial charge in [0.05, 0.1) is 0 Å². The van der Waals surface area contributed by atoms with Gasteiger partial charge in [0.1, 0.15) is 5.75 Å². The van der Waals surface area contributed by atoms with Gasteiger partial charge < -0.3 is 14.4 Å². The lowest BCUT2D eigenvalue weighted by atomic mass is 10.2. The van der Waals surface area contributed by atoms with Gasteiger partial charge in [-0.15, -0.1) is 11.3 Å². The number of aryl methyl sites for hydroxylation is 1. The lowest BCUT2D eigenvalue weighted by molar-refractivity contribution is 0.0697. The van der Waals surface area contributed by atoms with Crippen LogP contribution in [0.15, 0.2) is 10.6 Å². The van der Waals surface area contributed by atoms with Gasteiger partial charge in [0.25, 0.3) is 5.89 Å². The average molecular weight is 282 g/mol. The number of nitrogens with zero attached hydrogens (tertiary/aromatic N) is 2. The van der Waals surface area contributed by atoms with E-state index in [4.69, 9.17) is 14.4 Å². The summed E-state index contributed by atoms with van der Waals surface area (Å²) >= 11 is 1.18. The molecule has 6 nitrogen and oxygen atoms in total. The van der Waals surface area contributed by atoms with Crippen molar-refractivity contribution >= 4 is 17.3 Å². The highest BCUT2D eigenvalue weighted by Crippen LogP contribution is 2.29. The van der Waals surface area contributed by atoms with Crippen molar-refractivity contribution in [1.82, 2.24) is 10.1 Å². The first-order chi connectivity index (χ1) is 8.97. The minimum absolute atomic E-state index is 0.0656. The summed E-state index contributed by atoms with van der Waals surface area (Å²) in [6, 6.07) is 1.69. The fourth-order valence-electron chi connectivity index (χ4n) is 1.45. The molecule has 7 heteroatoms. The van der Waals surface area contributed by atoms with Gasteiger partial charge in [-0.3, -0.25) is 0 Å². The molecule has 0 saturated carbocycles. The minimum Gasteiger partial charge on any atom is -0.482 e. The molecule has 0 aliphatic carbocycles. The average Bonchev–Trinajstić information content (AvgIpc) is 2.92. The second-order valence-corrected chi connectivity index (χ2v) is 5.60. The summed E-state index contributed by atoms with van der Waals surface area (Å²) in [6.07, 6.45) is 0. The van der Waals surface area contributed by atoms with Gasteiger partial charge in [0.15, 0.2) is 17.3 Å². The molecule has 0 saturated heterocycles. The SMILES string of the molecule is Cc1cc(OCc2nc(C(C)C)no2)c(C(=O)O)s1. The number of aromatic carboxylic acids is 1. The van der Waals surface area contributed by atoms with Crippen LogP contribution < -0.4 is 4.74 Å². The summed E-state index contributed by atoms with van der Waals surface area (Å²) in [7, 11) is 0. The fourth-order valence-corrected chi connectivity index (χ4v) is 2.24. The van der Waals surface area contributed by atoms with Crippen molar-refractivity contribution in [2.75, 3.05) is 0 Å². The third-order valence-corrected chi connectivity index (χ3v) is 3.39. The zero-order valence-corrected chi connectivity index (χ0v) is 11.7. The molecule has 0 aliphatic rings. The molecule has 0 aliphatic heterocycles. The van der Waals surface area contributed by atoms with Gasteiger partial charge in [-0.2, -0.15) is 4.98 Å². The van der Waals surface area contributed by atoms with E-state index in [1.807, 2.05) is 20.8 Å². The van der Waals surface area contributed by atoms with Crippen LogP contribution in [0.4, 0.5) is 0 Å². The van der Waals surface area contributed by atoms with Gasteiger partial charge in [0.2, 0.25) is 0 Å². The summed E-state index contributed by atoms with van der Waals surface area (Å²) < 4.78 is 10.5. The van der Waals surface area contributed by atoms with Gasteiger partial charge in [-0.25, -0.2) is 4.79 Å². The second kappa shape index (κ2) is 5.40. The Morgan fingerprint density at radius 2 is 2.32 bits per heavy atom. The molecule has 0 fully saturated rings. The number of carbonyl (C=O) groups is 1. The first kappa shape index (κ1) is 13.5. The lowest BCUT2D eigenvalue weighted by Gasteiger charge is -2.01. The predicted molar refractivity (Wildman–Crippen MR) is 68.7 cm³/mol. The van der Waals surface area contributed by atoms with Crippen LogP contribution in [0, 0.1) is 6.92 Å². The number of rotatable bonds is 5. The maximum atomic E-state index is 11.0. The van der Waals surface area contributed by atoms with Crippen LogP contribution in [0.2, 0.25) is 0 Å². The van der Waals surface area contributed by atoms with Crippen molar-refractivity contribution in [2.24, 2.45) is 0 Å². The van der Waals surface area contributed by atoms with Crippen LogP contribution in [0.5, 0.6) is 5.75 Å². The summed E-state index contributed by atoms with van der Waals surface area (Å²) in [4.78, 5) is 16.2. The van der Waals surface area contributed by atoms with E-state index in [1.54, 1.807) is 6.07 Å². The van der Waals surface area contributed by atoms with Gasteiger partial charge in [-0.05, 0) is 13.0 Å². The Morgan fingerprint density at radius 3 is 2.89 bits per heavy atom. The van der Waals surface area contributed by atoms with E-state index in [9.17, 15) is 4.79 Å². The van der Waals surface area contributed by atoms with Crippen molar-refractivity contribution in [1.29, 1.82) is 0 Å². The van der Waals surface area contributed by atoms with Gasteiger partial charge in [-0.1, -0.05) is 19.0 Å². The highest BCUT2D eigenvalue weighted by Gasteiger charge is 2.17. The monoisotopic (exact) mass is 282 g/mol. The summed E-state index contributed by atoms with van der Waals surface area (Å²) in [5, 5.41) is 12.8. The smallest absolute Gasteiger partial charge is 0.349 e. The highest BCUT2D eigenvalue weighted by molar-refractivity contribution is 7.14. The molecular formula is C12H14N2O4S. The Morgan fingerprint density at radius 1 is 1.58 bits per heavy atom. The van der Waals surface area contributed by atoms with E-state index < -0.39 is 5.97 Å². The van der Waals surface area contributed by atoms with Crippen LogP contribution in [-0.2, 0) is 6.61 Å². The van der Waals surface area contributed by atoms with Crippen molar-refractivity contribution in [3.05, 3.63) is 27.5 Å². The van der Waals surface area contributed by atoms with E-state index in [0.29, 0.717) is 17.5 Å². The van der Waals surface area contributed by atoms with Crippen molar-refractivity contribution in [3.63, 3.8) is 0 Å². The molecule has 0 unspecified atom stereocenters. The number of carboxylic acid groups (broad SMARTS) is 1. The molecule has 2 rings (SSSR count). The van der Waals surface area contributed by atoms with E-state index in [2.05, 4.69) is 10.1 Å². The van der Waals surface area contributed by atoms with Crippen LogP contribution >= 0.6 is 11.3 Å². The Kier molecular flexibility index (Phi) is 3.84. The highest BCUT2D eigenvalue weighted by atomic mass is 32.1. The summed E-state index contributed by atoms with van der Waals surface area (Å²) in [5.41, 5.74) is 0. The molecule has 102 valence electrons. The first-order valence-corrected chi connectivity index (χ1v) is 6.58. The molecule has 19 heavy (non-hydrogen) atoms. The number of carboxylic acids is 1. The van der Waals surface area contributed by atoms with Crippen LogP contribution in [0.1, 0.15) is 46.0 Å². The molecule has 0 aromatic carbocycles. The second-order valence-electron chi connectivity index (χ2n) is 4.35. The number of hydrogen-bond donors (Lipinski definition) is 1. The first-order valence-electron chi connectivity index (χ1n) is 5.76. The van der Waals surface area contributed by atoms with Crippen LogP contribution in [0.25, 0.3) is 0 Å². The molecule has 0 atom stereocenters. The normalized spacial score (nSPS) is 10.9. The number of aromatic nitrogens is 2. The Labute approximate surface area is 114 Å². The van der Waals surface area contributed by atoms with Crippen molar-refractivity contribution < 1.29 is 19.2 Å². The molecule has 2 aromatic rings. The van der Waals surface area contributed by atoms with Crippen molar-refractivity contribution in [2.45, 2.75) is 33.3 Å². The Balaban J connectivity index is 2.07. The number of hydrogen-bond acceptors (Lipinski definition) is 6. The quantitative estimate of drug-likeness (QED) is 0.907. The molecule has 0 spiro atoms. The Hall–Kier alpha value is -1.89. The van der Waals surface area contributed by atoms with Crippen LogP contribution in [0.3, 0.4) is 0 Å². The maximum Gasteiger partial charge on any atom is 0.349 e. The molecule has 0 bridgehead atoms. The molecule has 2 heterocycles. The third kappa shape index (κ3) is 3.11. The molecule has 0 amide bonds. The minimum atomic E-state index is -0.999. The van der Waals surface area contributed by atoms with E-state index >= 15 is 0 Å². The Bertz CT molecular complexity index is 588. The lowest BCUT2D eigenvalue weighted by Crippen LogP contribution is -2.00. The van der Waals surface area contributed by atoms with Gasteiger partial charge in [0, 0.05) is 10.8 Å². The van der Waals surface area contributed by atoms with Crippen LogP contribution in [-0.4, -0.2) is 21.2 Å². The topological polar surface area (TPSA) is 85.5 Å². The van der Waals surface area contributed by atoms with E-state index in [1.165, 1.54) is 11.3 Å². The van der Waals surface area contributed by atoms with E-state index in [0.717, 1.165) is 4.88 Å². The molecule has 1 N–H and O–H groups in total. The third-order valence-electron chi connectivity index (χ3n) is 2.37. The number of thiophene rings is 1. The summed E-state index contributed by atoms with van der Waals surface area (Å²) in [5.74, 6) is 0.457.